The van der Waals surface area contributed by atoms with E-state index in [0.29, 0.717) is 36.3 Å². The third kappa shape index (κ3) is 5.82. The van der Waals surface area contributed by atoms with Gasteiger partial charge in [0.2, 0.25) is 5.60 Å². The van der Waals surface area contributed by atoms with Crippen LogP contribution < -0.4 is 9.75 Å². The predicted molar refractivity (Wildman–Crippen MR) is 142 cm³/mol. The molecule has 1 atom stereocenters. The van der Waals surface area contributed by atoms with Crippen molar-refractivity contribution in [3.05, 3.63) is 95.6 Å². The number of benzene rings is 3. The Labute approximate surface area is 224 Å². The summed E-state index contributed by atoms with van der Waals surface area (Å²) in [6.45, 7) is 5.03. The standard InChI is InChI=1S/C30H29F3N2O4/c1-28(2)25(34-35(26(28)36)23-16-14-22(15-17-23)30(31,32)33)11-7-8-20-12-18-24(19-13-20)39-29(3,27(37)38)21-9-5-4-6-10-21/h4-6,9-10,12-19H,7-8,11H2,1-3H3,(H,37,38). The van der Waals surface area contributed by atoms with Crippen LogP contribution >= 0.6 is 0 Å². The number of aryl methyl sites for hydroxylation is 1. The minimum absolute atomic E-state index is 0.288. The molecule has 1 aliphatic heterocycles. The Morgan fingerprint density at radius 1 is 0.923 bits per heavy atom. The summed E-state index contributed by atoms with van der Waals surface area (Å²) in [7, 11) is 0. The Morgan fingerprint density at radius 3 is 2.10 bits per heavy atom. The quantitative estimate of drug-likeness (QED) is 0.324. The van der Waals surface area contributed by atoms with Gasteiger partial charge in [-0.3, -0.25) is 4.79 Å². The molecule has 0 aliphatic carbocycles. The summed E-state index contributed by atoms with van der Waals surface area (Å²) in [6, 6.07) is 20.3. The smallest absolute Gasteiger partial charge is 0.416 e. The number of halogens is 3. The van der Waals surface area contributed by atoms with Crippen LogP contribution in [-0.2, 0) is 27.8 Å². The average molecular weight is 539 g/mol. The predicted octanol–water partition coefficient (Wildman–Crippen LogP) is 6.84. The summed E-state index contributed by atoms with van der Waals surface area (Å²) in [6.07, 6.45) is -2.56. The van der Waals surface area contributed by atoms with Crippen LogP contribution in [0.5, 0.6) is 5.75 Å². The van der Waals surface area contributed by atoms with Crippen LogP contribution in [0, 0.1) is 5.41 Å². The van der Waals surface area contributed by atoms with Gasteiger partial charge in [-0.2, -0.15) is 18.3 Å². The Hall–Kier alpha value is -4.14. The van der Waals surface area contributed by atoms with Crippen LogP contribution in [-0.4, -0.2) is 22.7 Å². The first-order valence-electron chi connectivity index (χ1n) is 12.5. The summed E-state index contributed by atoms with van der Waals surface area (Å²) in [5.41, 5.74) is -0.726. The number of hydrogen-bond donors (Lipinski definition) is 1. The molecule has 1 aliphatic rings. The molecular formula is C30H29F3N2O4. The number of alkyl halides is 3. The monoisotopic (exact) mass is 538 g/mol. The molecule has 0 radical (unpaired) electrons. The first kappa shape index (κ1) is 27.9. The maximum atomic E-state index is 13.0. The molecule has 0 saturated heterocycles. The van der Waals surface area contributed by atoms with Crippen molar-refractivity contribution >= 4 is 23.3 Å². The summed E-state index contributed by atoms with van der Waals surface area (Å²) >= 11 is 0. The zero-order valence-corrected chi connectivity index (χ0v) is 21.8. The number of carbonyl (C=O) groups excluding carboxylic acids is 1. The maximum Gasteiger partial charge on any atom is 0.416 e. The first-order chi connectivity index (χ1) is 18.3. The fraction of sp³-hybridized carbons (Fsp3) is 0.300. The largest absolute Gasteiger partial charge is 0.478 e. The molecule has 39 heavy (non-hydrogen) atoms. The highest BCUT2D eigenvalue weighted by molar-refractivity contribution is 6.18. The molecule has 1 amide bonds. The summed E-state index contributed by atoms with van der Waals surface area (Å²) < 4.78 is 44.6. The molecule has 9 heteroatoms. The van der Waals surface area contributed by atoms with E-state index in [1.54, 1.807) is 56.3 Å². The number of aliphatic carboxylic acids is 1. The minimum Gasteiger partial charge on any atom is -0.478 e. The number of hydrogen-bond acceptors (Lipinski definition) is 4. The van der Waals surface area contributed by atoms with Crippen molar-refractivity contribution in [1.82, 2.24) is 0 Å². The van der Waals surface area contributed by atoms with Crippen LogP contribution in [0.15, 0.2) is 84.0 Å². The van der Waals surface area contributed by atoms with Gasteiger partial charge in [0, 0.05) is 5.56 Å². The fourth-order valence-corrected chi connectivity index (χ4v) is 4.41. The molecule has 3 aromatic rings. The summed E-state index contributed by atoms with van der Waals surface area (Å²) in [4.78, 5) is 25.0. The third-order valence-electron chi connectivity index (χ3n) is 6.97. The third-order valence-corrected chi connectivity index (χ3v) is 6.97. The molecule has 3 aromatic carbocycles. The van der Waals surface area contributed by atoms with Crippen molar-refractivity contribution in [3.63, 3.8) is 0 Å². The fourth-order valence-electron chi connectivity index (χ4n) is 4.41. The number of amides is 1. The number of ether oxygens (including phenoxy) is 1. The summed E-state index contributed by atoms with van der Waals surface area (Å²) in [5, 5.41) is 15.4. The number of rotatable bonds is 9. The van der Waals surface area contributed by atoms with E-state index in [1.165, 1.54) is 24.1 Å². The number of carboxylic acid groups (broad SMARTS) is 1. The minimum atomic E-state index is -4.45. The molecule has 0 fully saturated rings. The highest BCUT2D eigenvalue weighted by atomic mass is 19.4. The normalized spacial score (nSPS) is 16.5. The number of nitrogens with zero attached hydrogens (tertiary/aromatic N) is 2. The lowest BCUT2D eigenvalue weighted by molar-refractivity contribution is -0.154. The van der Waals surface area contributed by atoms with Crippen LogP contribution in [0.3, 0.4) is 0 Å². The van der Waals surface area contributed by atoms with Gasteiger partial charge in [-0.15, -0.1) is 0 Å². The van der Waals surface area contributed by atoms with E-state index in [4.69, 9.17) is 4.74 Å². The first-order valence-corrected chi connectivity index (χ1v) is 12.5. The summed E-state index contributed by atoms with van der Waals surface area (Å²) in [5.74, 6) is -0.970. The molecule has 1 heterocycles. The van der Waals surface area contributed by atoms with Gasteiger partial charge in [0.15, 0.2) is 0 Å². The second kappa shape index (κ2) is 10.6. The van der Waals surface area contributed by atoms with Gasteiger partial charge >= 0.3 is 12.1 Å². The van der Waals surface area contributed by atoms with E-state index in [9.17, 15) is 27.9 Å². The molecule has 0 saturated carbocycles. The second-order valence-electron chi connectivity index (χ2n) is 10.1. The molecule has 0 spiro atoms. The lowest BCUT2D eigenvalue weighted by Crippen LogP contribution is -2.38. The topological polar surface area (TPSA) is 79.2 Å². The molecule has 0 aromatic heterocycles. The van der Waals surface area contributed by atoms with E-state index in [0.717, 1.165) is 17.7 Å². The van der Waals surface area contributed by atoms with Gasteiger partial charge in [-0.25, -0.2) is 9.80 Å². The van der Waals surface area contributed by atoms with Crippen molar-refractivity contribution in [2.24, 2.45) is 10.5 Å². The molecule has 204 valence electrons. The van der Waals surface area contributed by atoms with Gasteiger partial charge in [0.25, 0.3) is 5.91 Å². The van der Waals surface area contributed by atoms with Gasteiger partial charge in [0.05, 0.1) is 22.4 Å². The van der Waals surface area contributed by atoms with E-state index in [2.05, 4.69) is 5.10 Å². The Morgan fingerprint density at radius 2 is 1.54 bits per heavy atom. The molecule has 4 rings (SSSR count). The number of anilines is 1. The van der Waals surface area contributed by atoms with Gasteiger partial charge in [0.1, 0.15) is 5.75 Å². The highest BCUT2D eigenvalue weighted by Crippen LogP contribution is 2.36. The van der Waals surface area contributed by atoms with Crippen molar-refractivity contribution in [3.8, 4) is 5.75 Å². The van der Waals surface area contributed by atoms with E-state index in [-0.39, 0.29) is 11.6 Å². The van der Waals surface area contributed by atoms with E-state index in [1.807, 2.05) is 12.1 Å². The lowest BCUT2D eigenvalue weighted by atomic mass is 9.84. The molecule has 6 nitrogen and oxygen atoms in total. The van der Waals surface area contributed by atoms with Gasteiger partial charge < -0.3 is 9.84 Å². The number of hydrazone groups is 1. The SMILES string of the molecule is CC1(C)C(=O)N(c2ccc(C(F)(F)F)cc2)N=C1CCCc1ccc(OC(C)(C(=O)O)c2ccccc2)cc1. The van der Waals surface area contributed by atoms with Crippen LogP contribution in [0.1, 0.15) is 50.3 Å². The van der Waals surface area contributed by atoms with Crippen molar-refractivity contribution in [2.75, 3.05) is 5.01 Å². The second-order valence-corrected chi connectivity index (χ2v) is 10.1. The van der Waals surface area contributed by atoms with Crippen molar-refractivity contribution in [2.45, 2.75) is 51.8 Å². The number of carbonyl (C=O) groups is 2. The highest BCUT2D eigenvalue weighted by Gasteiger charge is 2.43. The van der Waals surface area contributed by atoms with E-state index >= 15 is 0 Å². The van der Waals surface area contributed by atoms with Crippen LogP contribution in [0.4, 0.5) is 18.9 Å². The Kier molecular flexibility index (Phi) is 7.54. The maximum absolute atomic E-state index is 13.0. The molecular weight excluding hydrogens is 509 g/mol. The molecule has 0 bridgehead atoms. The van der Waals surface area contributed by atoms with Crippen LogP contribution in [0.2, 0.25) is 0 Å². The van der Waals surface area contributed by atoms with Gasteiger partial charge in [-0.05, 0) is 82.0 Å². The van der Waals surface area contributed by atoms with Crippen molar-refractivity contribution < 1.29 is 32.6 Å². The number of carboxylic acids is 1. The zero-order valence-electron chi connectivity index (χ0n) is 21.8. The zero-order chi connectivity index (χ0) is 28.4. The van der Waals surface area contributed by atoms with Crippen molar-refractivity contribution in [1.29, 1.82) is 0 Å². The molecule has 1 N–H and O–H groups in total. The Balaban J connectivity index is 1.39. The Bertz CT molecular complexity index is 1370. The van der Waals surface area contributed by atoms with E-state index < -0.39 is 28.7 Å². The lowest BCUT2D eigenvalue weighted by Gasteiger charge is -2.27. The van der Waals surface area contributed by atoms with Gasteiger partial charge in [-0.1, -0.05) is 42.5 Å². The van der Waals surface area contributed by atoms with Crippen LogP contribution in [0.25, 0.3) is 0 Å². The molecule has 1 unspecified atom stereocenters. The average Bonchev–Trinajstić information content (AvgIpc) is 3.13.